The third-order valence-electron chi connectivity index (χ3n) is 2.97. The van der Waals surface area contributed by atoms with E-state index in [4.69, 9.17) is 0 Å². The summed E-state index contributed by atoms with van der Waals surface area (Å²) < 4.78 is 13.0. The summed E-state index contributed by atoms with van der Waals surface area (Å²) in [5.74, 6) is 0.121. The molecule has 2 rings (SSSR count). The number of carbonyl (C=O) groups excluding carboxylic acids is 1. The van der Waals surface area contributed by atoms with E-state index >= 15 is 0 Å². The van der Waals surface area contributed by atoms with Gasteiger partial charge in [-0.05, 0) is 36.5 Å². The fourth-order valence-electron chi connectivity index (χ4n) is 2.17. The van der Waals surface area contributed by atoms with Crippen LogP contribution in [0.3, 0.4) is 0 Å². The molecule has 0 bridgehead atoms. The summed E-state index contributed by atoms with van der Waals surface area (Å²) in [5, 5.41) is 0. The lowest BCUT2D eigenvalue weighted by molar-refractivity contribution is 0.111. The van der Waals surface area contributed by atoms with Crippen molar-refractivity contribution in [3.05, 3.63) is 35.1 Å². The van der Waals surface area contributed by atoms with Gasteiger partial charge in [0.05, 0.1) is 5.56 Å². The Labute approximate surface area is 82.9 Å². The number of carbonyl (C=O) groups is 1. The van der Waals surface area contributed by atoms with Crippen LogP contribution in [0.5, 0.6) is 0 Å². The van der Waals surface area contributed by atoms with Gasteiger partial charge in [-0.1, -0.05) is 18.9 Å². The van der Waals surface area contributed by atoms with Gasteiger partial charge in [0.1, 0.15) is 5.82 Å². The van der Waals surface area contributed by atoms with Crippen LogP contribution in [-0.4, -0.2) is 6.29 Å². The molecule has 1 nitrogen and oxygen atoms in total. The topological polar surface area (TPSA) is 17.1 Å². The van der Waals surface area contributed by atoms with Gasteiger partial charge >= 0.3 is 0 Å². The molecule has 0 aromatic heterocycles. The van der Waals surface area contributed by atoms with Gasteiger partial charge in [0, 0.05) is 0 Å². The third kappa shape index (κ3) is 1.69. The summed E-state index contributed by atoms with van der Waals surface area (Å²) in [5.41, 5.74) is 1.31. The molecular formula is C12H13FO. The zero-order chi connectivity index (χ0) is 9.97. The lowest BCUT2D eigenvalue weighted by atomic mass is 9.96. The van der Waals surface area contributed by atoms with E-state index in [0.717, 1.165) is 5.56 Å². The standard InChI is InChI=1S/C12H13FO/c13-12-6-5-10(7-11(12)8-14)9-3-1-2-4-9/h5-9H,1-4H2. The third-order valence-corrected chi connectivity index (χ3v) is 2.97. The molecule has 1 aliphatic rings. The molecule has 0 atom stereocenters. The average molecular weight is 192 g/mol. The Kier molecular flexibility index (Phi) is 2.62. The summed E-state index contributed by atoms with van der Waals surface area (Å²) in [4.78, 5) is 10.6. The summed E-state index contributed by atoms with van der Waals surface area (Å²) >= 11 is 0. The lowest BCUT2D eigenvalue weighted by Gasteiger charge is -2.09. The normalized spacial score (nSPS) is 17.2. The lowest BCUT2D eigenvalue weighted by Crippen LogP contribution is -1.96. The Morgan fingerprint density at radius 1 is 1.29 bits per heavy atom. The van der Waals surface area contributed by atoms with Crippen LogP contribution in [0.15, 0.2) is 18.2 Å². The maximum absolute atomic E-state index is 13.0. The van der Waals surface area contributed by atoms with Crippen molar-refractivity contribution >= 4 is 6.29 Å². The highest BCUT2D eigenvalue weighted by Gasteiger charge is 2.17. The predicted molar refractivity (Wildman–Crippen MR) is 53.0 cm³/mol. The quantitative estimate of drug-likeness (QED) is 0.657. The van der Waals surface area contributed by atoms with E-state index in [2.05, 4.69) is 0 Å². The van der Waals surface area contributed by atoms with Crippen molar-refractivity contribution in [1.82, 2.24) is 0 Å². The Morgan fingerprint density at radius 2 is 2.00 bits per heavy atom. The maximum Gasteiger partial charge on any atom is 0.153 e. The number of hydrogen-bond acceptors (Lipinski definition) is 1. The first-order valence-corrected chi connectivity index (χ1v) is 5.06. The van der Waals surface area contributed by atoms with Gasteiger partial charge in [0.25, 0.3) is 0 Å². The second-order valence-corrected chi connectivity index (χ2v) is 3.88. The van der Waals surface area contributed by atoms with Gasteiger partial charge in [-0.2, -0.15) is 0 Å². The molecule has 1 aliphatic carbocycles. The predicted octanol–water partition coefficient (Wildman–Crippen LogP) is 3.30. The Bertz CT molecular complexity index is 340. The fraction of sp³-hybridized carbons (Fsp3) is 0.417. The molecule has 1 aromatic carbocycles. The van der Waals surface area contributed by atoms with Crippen LogP contribution in [0.1, 0.15) is 47.5 Å². The molecule has 1 aromatic rings. The second kappa shape index (κ2) is 3.91. The smallest absolute Gasteiger partial charge is 0.153 e. The van der Waals surface area contributed by atoms with Crippen LogP contribution in [-0.2, 0) is 0 Å². The molecule has 1 fully saturated rings. The van der Waals surface area contributed by atoms with E-state index in [1.54, 1.807) is 12.1 Å². The number of benzene rings is 1. The van der Waals surface area contributed by atoms with Gasteiger partial charge in [-0.25, -0.2) is 4.39 Å². The van der Waals surface area contributed by atoms with Gasteiger partial charge in [0.2, 0.25) is 0 Å². The zero-order valence-corrected chi connectivity index (χ0v) is 8.00. The van der Waals surface area contributed by atoms with Crippen LogP contribution in [0.4, 0.5) is 4.39 Å². The summed E-state index contributed by atoms with van der Waals surface area (Å²) in [6, 6.07) is 4.90. The number of halogens is 1. The first-order valence-electron chi connectivity index (χ1n) is 5.06. The highest BCUT2D eigenvalue weighted by atomic mass is 19.1. The minimum absolute atomic E-state index is 0.189. The molecule has 0 heterocycles. The average Bonchev–Trinajstić information content (AvgIpc) is 2.71. The maximum atomic E-state index is 13.0. The molecule has 1 saturated carbocycles. The molecule has 0 N–H and O–H groups in total. The van der Waals surface area contributed by atoms with Crippen molar-refractivity contribution in [3.8, 4) is 0 Å². The largest absolute Gasteiger partial charge is 0.298 e. The number of rotatable bonds is 2. The summed E-state index contributed by atoms with van der Waals surface area (Å²) in [6.07, 6.45) is 5.43. The molecule has 0 aliphatic heterocycles. The van der Waals surface area contributed by atoms with Gasteiger partial charge in [0.15, 0.2) is 6.29 Å². The van der Waals surface area contributed by atoms with E-state index in [1.165, 1.54) is 31.7 Å². The van der Waals surface area contributed by atoms with E-state index in [9.17, 15) is 9.18 Å². The van der Waals surface area contributed by atoms with Crippen molar-refractivity contribution in [2.45, 2.75) is 31.6 Å². The monoisotopic (exact) mass is 192 g/mol. The van der Waals surface area contributed by atoms with Crippen molar-refractivity contribution in [1.29, 1.82) is 0 Å². The first kappa shape index (κ1) is 9.38. The van der Waals surface area contributed by atoms with E-state index in [1.807, 2.05) is 0 Å². The fourth-order valence-corrected chi connectivity index (χ4v) is 2.17. The Morgan fingerprint density at radius 3 is 2.64 bits per heavy atom. The molecule has 74 valence electrons. The van der Waals surface area contributed by atoms with Crippen molar-refractivity contribution < 1.29 is 9.18 Å². The van der Waals surface area contributed by atoms with Crippen LogP contribution in [0.2, 0.25) is 0 Å². The van der Waals surface area contributed by atoms with E-state index < -0.39 is 5.82 Å². The first-order chi connectivity index (χ1) is 6.81. The second-order valence-electron chi connectivity index (χ2n) is 3.88. The molecule has 0 radical (unpaired) electrons. The van der Waals surface area contributed by atoms with Crippen molar-refractivity contribution in [2.24, 2.45) is 0 Å². The van der Waals surface area contributed by atoms with Crippen molar-refractivity contribution in [3.63, 3.8) is 0 Å². The molecule has 14 heavy (non-hydrogen) atoms. The number of hydrogen-bond donors (Lipinski definition) is 0. The van der Waals surface area contributed by atoms with Crippen LogP contribution < -0.4 is 0 Å². The van der Waals surface area contributed by atoms with Gasteiger partial charge in [-0.3, -0.25) is 4.79 Å². The van der Waals surface area contributed by atoms with E-state index in [0.29, 0.717) is 12.2 Å². The zero-order valence-electron chi connectivity index (χ0n) is 8.00. The summed E-state index contributed by atoms with van der Waals surface area (Å²) in [7, 11) is 0. The number of aldehydes is 1. The van der Waals surface area contributed by atoms with Crippen LogP contribution in [0.25, 0.3) is 0 Å². The van der Waals surface area contributed by atoms with Crippen LogP contribution >= 0.6 is 0 Å². The Balaban J connectivity index is 2.30. The van der Waals surface area contributed by atoms with Gasteiger partial charge < -0.3 is 0 Å². The highest BCUT2D eigenvalue weighted by molar-refractivity contribution is 5.75. The Hall–Kier alpha value is -1.18. The minimum Gasteiger partial charge on any atom is -0.298 e. The molecular weight excluding hydrogens is 179 g/mol. The minimum atomic E-state index is -0.415. The molecule has 0 unspecified atom stereocenters. The molecule has 0 saturated heterocycles. The van der Waals surface area contributed by atoms with Gasteiger partial charge in [-0.15, -0.1) is 0 Å². The van der Waals surface area contributed by atoms with E-state index in [-0.39, 0.29) is 5.56 Å². The molecule has 0 amide bonds. The molecule has 0 spiro atoms. The SMILES string of the molecule is O=Cc1cc(C2CCCC2)ccc1F. The molecule has 2 heteroatoms. The highest BCUT2D eigenvalue weighted by Crippen LogP contribution is 2.34. The van der Waals surface area contributed by atoms with Crippen LogP contribution in [0, 0.1) is 5.82 Å². The summed E-state index contributed by atoms with van der Waals surface area (Å²) in [6.45, 7) is 0. The van der Waals surface area contributed by atoms with Crippen molar-refractivity contribution in [2.75, 3.05) is 0 Å².